The first-order chi connectivity index (χ1) is 7.50. The first kappa shape index (κ1) is 10.9. The standard InChI is InChI=1S/C12H16N2O2/c1-12(2)5-3-7-14(12)11(16)9-4-6-13-10(15)8-9/h4,6,8H,3,5,7H2,1-2H3,(H,13,15). The maximum Gasteiger partial charge on any atom is 0.254 e. The lowest BCUT2D eigenvalue weighted by Gasteiger charge is -2.31. The SMILES string of the molecule is CC1(C)CCCN1C(=O)c1cc[nH]c(=O)c1. The fraction of sp³-hybridized carbons (Fsp3) is 0.500. The molecular formula is C12H16N2O2. The summed E-state index contributed by atoms with van der Waals surface area (Å²) in [6, 6.07) is 3.01. The fourth-order valence-electron chi connectivity index (χ4n) is 2.22. The third-order valence-corrected chi connectivity index (χ3v) is 3.17. The number of nitrogens with zero attached hydrogens (tertiary/aromatic N) is 1. The van der Waals surface area contributed by atoms with E-state index in [1.165, 1.54) is 12.3 Å². The van der Waals surface area contributed by atoms with Crippen LogP contribution < -0.4 is 5.56 Å². The normalized spacial score (nSPS) is 18.8. The highest BCUT2D eigenvalue weighted by atomic mass is 16.2. The maximum atomic E-state index is 12.2. The Bertz CT molecular complexity index is 462. The number of nitrogens with one attached hydrogen (secondary N) is 1. The van der Waals surface area contributed by atoms with Crippen LogP contribution in [-0.2, 0) is 0 Å². The zero-order valence-corrected chi connectivity index (χ0v) is 9.62. The van der Waals surface area contributed by atoms with Gasteiger partial charge in [-0.1, -0.05) is 0 Å². The van der Waals surface area contributed by atoms with Crippen molar-refractivity contribution in [3.05, 3.63) is 34.2 Å². The lowest BCUT2D eigenvalue weighted by atomic mass is 10.0. The van der Waals surface area contributed by atoms with Gasteiger partial charge < -0.3 is 9.88 Å². The number of aromatic nitrogens is 1. The lowest BCUT2D eigenvalue weighted by Crippen LogP contribution is -2.42. The summed E-state index contributed by atoms with van der Waals surface area (Å²) in [7, 11) is 0. The zero-order chi connectivity index (χ0) is 11.8. The van der Waals surface area contributed by atoms with Crippen LogP contribution in [0, 0.1) is 0 Å². The fourth-order valence-corrected chi connectivity index (χ4v) is 2.22. The molecule has 4 nitrogen and oxygen atoms in total. The molecule has 0 radical (unpaired) electrons. The number of rotatable bonds is 1. The van der Waals surface area contributed by atoms with Crippen LogP contribution in [0.2, 0.25) is 0 Å². The van der Waals surface area contributed by atoms with E-state index in [0.29, 0.717) is 5.56 Å². The lowest BCUT2D eigenvalue weighted by molar-refractivity contribution is 0.0651. The van der Waals surface area contributed by atoms with Gasteiger partial charge >= 0.3 is 0 Å². The van der Waals surface area contributed by atoms with E-state index in [-0.39, 0.29) is 17.0 Å². The van der Waals surface area contributed by atoms with Gasteiger partial charge in [-0.25, -0.2) is 0 Å². The van der Waals surface area contributed by atoms with Crippen molar-refractivity contribution in [3.8, 4) is 0 Å². The van der Waals surface area contributed by atoms with Gasteiger partial charge in [0.2, 0.25) is 5.56 Å². The number of pyridine rings is 1. The number of carbonyl (C=O) groups excluding carboxylic acids is 1. The molecule has 4 heteroatoms. The largest absolute Gasteiger partial charge is 0.334 e. The van der Waals surface area contributed by atoms with Crippen molar-refractivity contribution in [1.29, 1.82) is 0 Å². The smallest absolute Gasteiger partial charge is 0.254 e. The van der Waals surface area contributed by atoms with Crippen LogP contribution in [0.25, 0.3) is 0 Å². The van der Waals surface area contributed by atoms with Gasteiger partial charge in [0.15, 0.2) is 0 Å². The van der Waals surface area contributed by atoms with Crippen molar-refractivity contribution in [1.82, 2.24) is 9.88 Å². The minimum atomic E-state index is -0.233. The molecule has 0 spiro atoms. The molecule has 1 aromatic rings. The molecule has 1 N–H and O–H groups in total. The second-order valence-corrected chi connectivity index (χ2v) is 4.81. The molecule has 86 valence electrons. The van der Waals surface area contributed by atoms with E-state index < -0.39 is 0 Å². The first-order valence-corrected chi connectivity index (χ1v) is 5.51. The number of hydrogen-bond acceptors (Lipinski definition) is 2. The van der Waals surface area contributed by atoms with Crippen LogP contribution in [0.1, 0.15) is 37.0 Å². The van der Waals surface area contributed by atoms with Crippen molar-refractivity contribution in [3.63, 3.8) is 0 Å². The second-order valence-electron chi connectivity index (χ2n) is 4.81. The highest BCUT2D eigenvalue weighted by Gasteiger charge is 2.35. The summed E-state index contributed by atoms with van der Waals surface area (Å²) >= 11 is 0. The average Bonchev–Trinajstić information content (AvgIpc) is 2.57. The van der Waals surface area contributed by atoms with Gasteiger partial charge in [0.05, 0.1) is 0 Å². The monoisotopic (exact) mass is 220 g/mol. The zero-order valence-electron chi connectivity index (χ0n) is 9.62. The Hall–Kier alpha value is -1.58. The summed E-state index contributed by atoms with van der Waals surface area (Å²) in [5.74, 6) is -0.0476. The van der Waals surface area contributed by atoms with Crippen molar-refractivity contribution < 1.29 is 4.79 Å². The van der Waals surface area contributed by atoms with Crippen LogP contribution in [0.5, 0.6) is 0 Å². The Kier molecular flexibility index (Phi) is 2.58. The number of hydrogen-bond donors (Lipinski definition) is 1. The molecule has 0 saturated carbocycles. The molecular weight excluding hydrogens is 204 g/mol. The molecule has 0 atom stereocenters. The van der Waals surface area contributed by atoms with Crippen LogP contribution in [-0.4, -0.2) is 27.9 Å². The predicted octanol–water partition coefficient (Wildman–Crippen LogP) is 1.39. The Labute approximate surface area is 94.3 Å². The summed E-state index contributed by atoms with van der Waals surface area (Å²) in [6.07, 6.45) is 3.56. The van der Waals surface area contributed by atoms with E-state index in [0.717, 1.165) is 19.4 Å². The van der Waals surface area contributed by atoms with Crippen molar-refractivity contribution in [2.24, 2.45) is 0 Å². The molecule has 16 heavy (non-hydrogen) atoms. The third kappa shape index (κ3) is 1.87. The topological polar surface area (TPSA) is 53.2 Å². The van der Waals surface area contributed by atoms with Gasteiger partial charge in [-0.15, -0.1) is 0 Å². The quantitative estimate of drug-likeness (QED) is 0.777. The molecule has 1 amide bonds. The summed E-state index contributed by atoms with van der Waals surface area (Å²) in [6.45, 7) is 4.90. The number of H-pyrrole nitrogens is 1. The van der Waals surface area contributed by atoms with Crippen LogP contribution in [0.15, 0.2) is 23.1 Å². The summed E-state index contributed by atoms with van der Waals surface area (Å²) in [5.41, 5.74) is 0.140. The molecule has 1 fully saturated rings. The van der Waals surface area contributed by atoms with Gasteiger partial charge in [0, 0.05) is 29.9 Å². The molecule has 1 aliphatic rings. The van der Waals surface area contributed by atoms with E-state index in [4.69, 9.17) is 0 Å². The van der Waals surface area contributed by atoms with E-state index in [1.54, 1.807) is 6.07 Å². The summed E-state index contributed by atoms with van der Waals surface area (Å²) in [4.78, 5) is 27.7. The van der Waals surface area contributed by atoms with Crippen molar-refractivity contribution in [2.75, 3.05) is 6.54 Å². The molecule has 2 heterocycles. The minimum absolute atomic E-state index is 0.0476. The predicted molar refractivity (Wildman–Crippen MR) is 61.4 cm³/mol. The number of likely N-dealkylation sites (tertiary alicyclic amines) is 1. The highest BCUT2D eigenvalue weighted by Crippen LogP contribution is 2.29. The van der Waals surface area contributed by atoms with Crippen molar-refractivity contribution >= 4 is 5.91 Å². The molecule has 0 bridgehead atoms. The maximum absolute atomic E-state index is 12.2. The molecule has 1 aliphatic heterocycles. The Morgan fingerprint density at radius 2 is 2.25 bits per heavy atom. The number of amides is 1. The van der Waals surface area contributed by atoms with Gasteiger partial charge in [0.1, 0.15) is 0 Å². The number of aromatic amines is 1. The average molecular weight is 220 g/mol. The third-order valence-electron chi connectivity index (χ3n) is 3.17. The Morgan fingerprint density at radius 3 is 2.81 bits per heavy atom. The first-order valence-electron chi connectivity index (χ1n) is 5.51. The van der Waals surface area contributed by atoms with Gasteiger partial charge in [-0.2, -0.15) is 0 Å². The molecule has 2 rings (SSSR count). The van der Waals surface area contributed by atoms with E-state index in [2.05, 4.69) is 18.8 Å². The van der Waals surface area contributed by atoms with Crippen LogP contribution in [0.4, 0.5) is 0 Å². The van der Waals surface area contributed by atoms with Gasteiger partial charge in [-0.3, -0.25) is 9.59 Å². The minimum Gasteiger partial charge on any atom is -0.334 e. The molecule has 0 unspecified atom stereocenters. The molecule has 1 aromatic heterocycles. The highest BCUT2D eigenvalue weighted by molar-refractivity contribution is 5.94. The number of carbonyl (C=O) groups is 1. The van der Waals surface area contributed by atoms with E-state index in [1.807, 2.05) is 4.90 Å². The molecule has 0 aliphatic carbocycles. The summed E-state index contributed by atoms with van der Waals surface area (Å²) in [5, 5.41) is 0. The van der Waals surface area contributed by atoms with Crippen LogP contribution in [0.3, 0.4) is 0 Å². The van der Waals surface area contributed by atoms with Crippen LogP contribution >= 0.6 is 0 Å². The Balaban J connectivity index is 2.29. The van der Waals surface area contributed by atoms with E-state index >= 15 is 0 Å². The Morgan fingerprint density at radius 1 is 1.50 bits per heavy atom. The van der Waals surface area contributed by atoms with E-state index in [9.17, 15) is 9.59 Å². The summed E-state index contributed by atoms with van der Waals surface area (Å²) < 4.78 is 0. The molecule has 1 saturated heterocycles. The van der Waals surface area contributed by atoms with Crippen molar-refractivity contribution in [2.45, 2.75) is 32.2 Å². The second kappa shape index (κ2) is 3.77. The van der Waals surface area contributed by atoms with Gasteiger partial charge in [-0.05, 0) is 32.8 Å². The molecule has 0 aromatic carbocycles. The van der Waals surface area contributed by atoms with Gasteiger partial charge in [0.25, 0.3) is 5.91 Å².